The number of benzene rings is 1. The summed E-state index contributed by atoms with van der Waals surface area (Å²) in [6.07, 6.45) is 4.97. The van der Waals surface area contributed by atoms with E-state index in [4.69, 9.17) is 27.9 Å². The topological polar surface area (TPSA) is 75.6 Å². The average Bonchev–Trinajstić information content (AvgIpc) is 2.34. The van der Waals surface area contributed by atoms with Crippen molar-refractivity contribution in [3.8, 4) is 18.1 Å². The van der Waals surface area contributed by atoms with E-state index in [1.807, 2.05) is 0 Å². The number of carboxylic acids is 1. The van der Waals surface area contributed by atoms with Gasteiger partial charge in [-0.25, -0.2) is 4.79 Å². The lowest BCUT2D eigenvalue weighted by Crippen LogP contribution is -2.29. The van der Waals surface area contributed by atoms with Gasteiger partial charge in [0, 0.05) is 5.02 Å². The summed E-state index contributed by atoms with van der Waals surface area (Å²) in [5.74, 6) is 0.692. The molecule has 1 aromatic carbocycles. The van der Waals surface area contributed by atoms with Crippen LogP contribution in [0, 0.1) is 12.3 Å². The molecule has 18 heavy (non-hydrogen) atoms. The summed E-state index contributed by atoms with van der Waals surface area (Å²) in [5, 5.41) is 11.6. The zero-order valence-electron chi connectivity index (χ0n) is 9.27. The Labute approximate surface area is 109 Å². The van der Waals surface area contributed by atoms with Crippen LogP contribution in [0.5, 0.6) is 5.75 Å². The molecule has 0 aromatic heterocycles. The Kier molecular flexibility index (Phi) is 5.03. The Hall–Kier alpha value is -2.19. The van der Waals surface area contributed by atoms with Gasteiger partial charge in [-0.2, -0.15) is 0 Å². The van der Waals surface area contributed by atoms with Crippen LogP contribution in [-0.2, 0) is 4.79 Å². The molecule has 1 rings (SSSR count). The van der Waals surface area contributed by atoms with Crippen molar-refractivity contribution in [1.82, 2.24) is 5.32 Å². The molecule has 0 radical (unpaired) electrons. The molecule has 6 heteroatoms. The monoisotopic (exact) mass is 267 g/mol. The number of rotatable bonds is 5. The summed E-state index contributed by atoms with van der Waals surface area (Å²) >= 11 is 5.67. The normalized spacial score (nSPS) is 9.33. The molecular weight excluding hydrogens is 258 g/mol. The molecule has 0 spiro atoms. The van der Waals surface area contributed by atoms with E-state index in [2.05, 4.69) is 11.2 Å². The van der Waals surface area contributed by atoms with Gasteiger partial charge in [-0.3, -0.25) is 4.79 Å². The Morgan fingerprint density at radius 2 is 2.22 bits per heavy atom. The summed E-state index contributed by atoms with van der Waals surface area (Å²) < 4.78 is 5.09. The predicted octanol–water partition coefficient (Wildman–Crippen LogP) is 1.17. The van der Waals surface area contributed by atoms with E-state index >= 15 is 0 Å². The fourth-order valence-electron chi connectivity index (χ4n) is 1.14. The van der Waals surface area contributed by atoms with Crippen LogP contribution in [0.2, 0.25) is 5.02 Å². The van der Waals surface area contributed by atoms with Crippen molar-refractivity contribution in [2.24, 2.45) is 0 Å². The second-order valence-electron chi connectivity index (χ2n) is 3.22. The van der Waals surface area contributed by atoms with E-state index in [0.29, 0.717) is 0 Å². The molecule has 0 aliphatic carbocycles. The van der Waals surface area contributed by atoms with Crippen LogP contribution in [-0.4, -0.2) is 30.1 Å². The van der Waals surface area contributed by atoms with E-state index in [9.17, 15) is 9.59 Å². The lowest BCUT2D eigenvalue weighted by Gasteiger charge is -2.08. The fourth-order valence-corrected chi connectivity index (χ4v) is 1.31. The molecule has 5 nitrogen and oxygen atoms in total. The van der Waals surface area contributed by atoms with Crippen molar-refractivity contribution >= 4 is 23.5 Å². The minimum Gasteiger partial charge on any atom is -0.483 e. The largest absolute Gasteiger partial charge is 0.483 e. The standard InChI is InChI=1S/C12H10ClNO4/c1-2-5-14-11(15)7-18-10-4-3-8(13)6-9(10)12(16)17/h1,3-4,6H,5,7H2,(H,14,15)(H,16,17). The molecule has 0 aliphatic rings. The van der Waals surface area contributed by atoms with Crippen molar-refractivity contribution in [1.29, 1.82) is 0 Å². The third-order valence-corrected chi connectivity index (χ3v) is 2.15. The first kappa shape index (κ1) is 13.9. The maximum absolute atomic E-state index is 11.2. The number of carbonyl (C=O) groups is 2. The summed E-state index contributed by atoms with van der Waals surface area (Å²) in [4.78, 5) is 22.1. The summed E-state index contributed by atoms with van der Waals surface area (Å²) in [6, 6.07) is 4.11. The van der Waals surface area contributed by atoms with Crippen LogP contribution in [0.25, 0.3) is 0 Å². The Morgan fingerprint density at radius 1 is 1.50 bits per heavy atom. The zero-order valence-corrected chi connectivity index (χ0v) is 10.0. The Balaban J connectivity index is 2.70. The number of carbonyl (C=O) groups excluding carboxylic acids is 1. The van der Waals surface area contributed by atoms with Crippen LogP contribution >= 0.6 is 11.6 Å². The smallest absolute Gasteiger partial charge is 0.339 e. The first-order valence-corrected chi connectivity index (χ1v) is 5.28. The molecule has 0 unspecified atom stereocenters. The van der Waals surface area contributed by atoms with Crippen LogP contribution in [0.1, 0.15) is 10.4 Å². The van der Waals surface area contributed by atoms with Gasteiger partial charge >= 0.3 is 5.97 Å². The molecule has 0 heterocycles. The van der Waals surface area contributed by atoms with Crippen molar-refractivity contribution < 1.29 is 19.4 Å². The molecule has 0 bridgehead atoms. The first-order valence-electron chi connectivity index (χ1n) is 4.90. The Bertz CT molecular complexity index is 507. The van der Waals surface area contributed by atoms with Gasteiger partial charge in [0.05, 0.1) is 6.54 Å². The Morgan fingerprint density at radius 3 is 2.83 bits per heavy atom. The molecule has 1 aromatic rings. The number of carboxylic acid groups (broad SMARTS) is 1. The van der Waals surface area contributed by atoms with Gasteiger partial charge in [0.1, 0.15) is 11.3 Å². The molecule has 0 atom stereocenters. The third-order valence-electron chi connectivity index (χ3n) is 1.92. The van der Waals surface area contributed by atoms with Gasteiger partial charge in [0.15, 0.2) is 6.61 Å². The number of hydrogen-bond donors (Lipinski definition) is 2. The van der Waals surface area contributed by atoms with Crippen LogP contribution in [0.3, 0.4) is 0 Å². The number of ether oxygens (including phenoxy) is 1. The second-order valence-corrected chi connectivity index (χ2v) is 3.65. The highest BCUT2D eigenvalue weighted by Crippen LogP contribution is 2.22. The van der Waals surface area contributed by atoms with E-state index in [0.717, 1.165) is 0 Å². The number of amides is 1. The van der Waals surface area contributed by atoms with E-state index in [1.54, 1.807) is 0 Å². The average molecular weight is 268 g/mol. The van der Waals surface area contributed by atoms with E-state index in [1.165, 1.54) is 18.2 Å². The summed E-state index contributed by atoms with van der Waals surface area (Å²) in [6.45, 7) is -0.224. The van der Waals surface area contributed by atoms with E-state index in [-0.39, 0.29) is 29.5 Å². The predicted molar refractivity (Wildman–Crippen MR) is 65.7 cm³/mol. The highest BCUT2D eigenvalue weighted by molar-refractivity contribution is 6.31. The maximum atomic E-state index is 11.2. The molecule has 0 aliphatic heterocycles. The molecule has 1 amide bonds. The van der Waals surface area contributed by atoms with Crippen molar-refractivity contribution in [3.63, 3.8) is 0 Å². The molecule has 2 N–H and O–H groups in total. The zero-order chi connectivity index (χ0) is 13.5. The molecule has 0 fully saturated rings. The number of hydrogen-bond acceptors (Lipinski definition) is 3. The second kappa shape index (κ2) is 6.52. The number of aromatic carboxylic acids is 1. The van der Waals surface area contributed by atoms with Gasteiger partial charge < -0.3 is 15.2 Å². The summed E-state index contributed by atoms with van der Waals surface area (Å²) in [5.41, 5.74) is -0.104. The molecule has 0 saturated heterocycles. The molecular formula is C12H10ClNO4. The van der Waals surface area contributed by atoms with Gasteiger partial charge in [-0.05, 0) is 18.2 Å². The third kappa shape index (κ3) is 4.00. The minimum absolute atomic E-state index is 0.0720. The summed E-state index contributed by atoms with van der Waals surface area (Å²) in [7, 11) is 0. The maximum Gasteiger partial charge on any atom is 0.339 e. The number of halogens is 1. The van der Waals surface area contributed by atoms with Gasteiger partial charge in [-0.15, -0.1) is 6.42 Å². The lowest BCUT2D eigenvalue weighted by atomic mass is 10.2. The van der Waals surface area contributed by atoms with Crippen LogP contribution in [0.4, 0.5) is 0 Å². The minimum atomic E-state index is -1.18. The highest BCUT2D eigenvalue weighted by Gasteiger charge is 2.13. The molecule has 0 saturated carbocycles. The first-order chi connectivity index (χ1) is 8.54. The van der Waals surface area contributed by atoms with Crippen molar-refractivity contribution in [2.75, 3.05) is 13.2 Å². The van der Waals surface area contributed by atoms with E-state index < -0.39 is 11.9 Å². The highest BCUT2D eigenvalue weighted by atomic mass is 35.5. The van der Waals surface area contributed by atoms with Crippen molar-refractivity contribution in [3.05, 3.63) is 28.8 Å². The lowest BCUT2D eigenvalue weighted by molar-refractivity contribution is -0.122. The van der Waals surface area contributed by atoms with Gasteiger partial charge in [0.2, 0.25) is 0 Å². The van der Waals surface area contributed by atoms with Gasteiger partial charge in [0.25, 0.3) is 5.91 Å². The van der Waals surface area contributed by atoms with Gasteiger partial charge in [-0.1, -0.05) is 17.5 Å². The quantitative estimate of drug-likeness (QED) is 0.785. The molecule has 94 valence electrons. The van der Waals surface area contributed by atoms with Crippen LogP contribution in [0.15, 0.2) is 18.2 Å². The number of terminal acetylenes is 1. The number of nitrogens with one attached hydrogen (secondary N) is 1. The van der Waals surface area contributed by atoms with Crippen LogP contribution < -0.4 is 10.1 Å². The fraction of sp³-hybridized carbons (Fsp3) is 0.167. The SMILES string of the molecule is C#CCNC(=O)COc1ccc(Cl)cc1C(=O)O. The van der Waals surface area contributed by atoms with Crippen molar-refractivity contribution in [2.45, 2.75) is 0 Å².